The van der Waals surface area contributed by atoms with E-state index in [-0.39, 0.29) is 0 Å². The molecule has 5 nitrogen and oxygen atoms in total. The van der Waals surface area contributed by atoms with Crippen LogP contribution in [0.3, 0.4) is 0 Å². The summed E-state index contributed by atoms with van der Waals surface area (Å²) >= 11 is 0. The summed E-state index contributed by atoms with van der Waals surface area (Å²) in [6.07, 6.45) is 0.209. The van der Waals surface area contributed by atoms with E-state index in [2.05, 4.69) is 5.10 Å². The zero-order valence-electron chi connectivity index (χ0n) is 7.60. The molecule has 0 bridgehead atoms. The maximum atomic E-state index is 10.1. The number of hydrogen-bond donors (Lipinski definition) is 2. The smallest absolute Gasteiger partial charge is 0.425 e. The molecular formula is C9H10N2O3. The molecule has 2 N–H and O–H groups in total. The molecule has 74 valence electrons. The molecule has 0 atom stereocenters. The standard InChI is InChI=1S/C9H10N2O3/c1-14-8-4-2-3-7(5-8)6-10-11-9(12)13/h2-6,11H,1H3,(H,12,13)/b10-6+. The fraction of sp³-hybridized carbons (Fsp3) is 0.111. The van der Waals surface area contributed by atoms with Crippen LogP contribution in [0.25, 0.3) is 0 Å². The fourth-order valence-corrected chi connectivity index (χ4v) is 0.884. The van der Waals surface area contributed by atoms with Crippen molar-refractivity contribution in [2.75, 3.05) is 7.11 Å². The van der Waals surface area contributed by atoms with Gasteiger partial charge in [0, 0.05) is 0 Å². The summed E-state index contributed by atoms with van der Waals surface area (Å²) in [5.74, 6) is 0.698. The van der Waals surface area contributed by atoms with Crippen LogP contribution in [0.4, 0.5) is 4.79 Å². The van der Waals surface area contributed by atoms with Crippen molar-refractivity contribution < 1.29 is 14.6 Å². The second kappa shape index (κ2) is 4.86. The Balaban J connectivity index is 2.66. The van der Waals surface area contributed by atoms with E-state index in [1.54, 1.807) is 31.4 Å². The van der Waals surface area contributed by atoms with Gasteiger partial charge in [0.05, 0.1) is 13.3 Å². The highest BCUT2D eigenvalue weighted by atomic mass is 16.5. The van der Waals surface area contributed by atoms with Crippen molar-refractivity contribution in [1.82, 2.24) is 5.43 Å². The summed E-state index contributed by atoms with van der Waals surface area (Å²) < 4.78 is 4.98. The molecule has 5 heteroatoms. The number of methoxy groups -OCH3 is 1. The normalized spacial score (nSPS) is 10.1. The first-order valence-electron chi connectivity index (χ1n) is 3.88. The highest BCUT2D eigenvalue weighted by Crippen LogP contribution is 2.10. The van der Waals surface area contributed by atoms with Crippen LogP contribution in [0.2, 0.25) is 0 Å². The van der Waals surface area contributed by atoms with E-state index in [1.165, 1.54) is 6.21 Å². The van der Waals surface area contributed by atoms with Crippen LogP contribution < -0.4 is 10.2 Å². The minimum Gasteiger partial charge on any atom is -0.497 e. The number of amides is 1. The number of nitrogens with zero attached hydrogens (tertiary/aromatic N) is 1. The van der Waals surface area contributed by atoms with E-state index in [4.69, 9.17) is 9.84 Å². The van der Waals surface area contributed by atoms with Gasteiger partial charge in [-0.2, -0.15) is 5.10 Å². The quantitative estimate of drug-likeness (QED) is 0.562. The average Bonchev–Trinajstić information content (AvgIpc) is 2.18. The van der Waals surface area contributed by atoms with E-state index in [9.17, 15) is 4.79 Å². The van der Waals surface area contributed by atoms with Gasteiger partial charge in [-0.25, -0.2) is 10.2 Å². The number of benzene rings is 1. The molecule has 1 aromatic rings. The summed E-state index contributed by atoms with van der Waals surface area (Å²) in [6, 6.07) is 7.12. The lowest BCUT2D eigenvalue weighted by Gasteiger charge is -1.99. The molecule has 0 aliphatic heterocycles. The van der Waals surface area contributed by atoms with Gasteiger partial charge in [0.15, 0.2) is 0 Å². The van der Waals surface area contributed by atoms with E-state index in [0.717, 1.165) is 5.56 Å². The number of rotatable bonds is 3. The number of hydrazone groups is 1. The number of carboxylic acid groups (broad SMARTS) is 1. The van der Waals surface area contributed by atoms with Gasteiger partial charge in [-0.3, -0.25) is 0 Å². The van der Waals surface area contributed by atoms with E-state index < -0.39 is 6.09 Å². The SMILES string of the molecule is COc1cccc(/C=N/NC(=O)O)c1. The van der Waals surface area contributed by atoms with Crippen molar-refractivity contribution in [3.05, 3.63) is 29.8 Å². The number of ether oxygens (including phenoxy) is 1. The molecule has 0 saturated carbocycles. The summed E-state index contributed by atoms with van der Waals surface area (Å²) in [7, 11) is 1.56. The molecule has 0 unspecified atom stereocenters. The summed E-state index contributed by atoms with van der Waals surface area (Å²) in [5.41, 5.74) is 2.64. The number of hydrogen-bond acceptors (Lipinski definition) is 3. The average molecular weight is 194 g/mol. The predicted octanol–water partition coefficient (Wildman–Crippen LogP) is 1.30. The summed E-state index contributed by atoms with van der Waals surface area (Å²) in [6.45, 7) is 0. The van der Waals surface area contributed by atoms with Gasteiger partial charge in [0.1, 0.15) is 5.75 Å². The van der Waals surface area contributed by atoms with E-state index in [0.29, 0.717) is 5.75 Å². The molecule has 0 aliphatic carbocycles. The Kier molecular flexibility index (Phi) is 3.49. The Labute approximate surface area is 81.0 Å². The predicted molar refractivity (Wildman–Crippen MR) is 51.7 cm³/mol. The lowest BCUT2D eigenvalue weighted by molar-refractivity contribution is 0.195. The van der Waals surface area contributed by atoms with Gasteiger partial charge >= 0.3 is 6.09 Å². The summed E-state index contributed by atoms with van der Waals surface area (Å²) in [4.78, 5) is 10.1. The van der Waals surface area contributed by atoms with Gasteiger partial charge in [-0.15, -0.1) is 0 Å². The second-order valence-corrected chi connectivity index (χ2v) is 2.45. The number of carbonyl (C=O) groups is 1. The Bertz CT molecular complexity index is 350. The van der Waals surface area contributed by atoms with E-state index in [1.807, 2.05) is 5.43 Å². The zero-order valence-corrected chi connectivity index (χ0v) is 7.60. The van der Waals surface area contributed by atoms with Gasteiger partial charge in [-0.1, -0.05) is 12.1 Å². The van der Waals surface area contributed by atoms with Crippen LogP contribution in [-0.2, 0) is 0 Å². The molecule has 1 aromatic carbocycles. The van der Waals surface area contributed by atoms with Crippen molar-refractivity contribution in [3.8, 4) is 5.75 Å². The lowest BCUT2D eigenvalue weighted by atomic mass is 10.2. The maximum Gasteiger partial charge on any atom is 0.425 e. The largest absolute Gasteiger partial charge is 0.497 e. The van der Waals surface area contributed by atoms with Crippen LogP contribution >= 0.6 is 0 Å². The molecule has 0 radical (unpaired) electrons. The topological polar surface area (TPSA) is 70.9 Å². The van der Waals surface area contributed by atoms with Crippen molar-refractivity contribution in [3.63, 3.8) is 0 Å². The lowest BCUT2D eigenvalue weighted by Crippen LogP contribution is -2.13. The number of nitrogens with one attached hydrogen (secondary N) is 1. The van der Waals surface area contributed by atoms with Crippen molar-refractivity contribution in [1.29, 1.82) is 0 Å². The molecule has 14 heavy (non-hydrogen) atoms. The third-order valence-corrected chi connectivity index (χ3v) is 1.47. The first kappa shape index (κ1) is 10.0. The van der Waals surface area contributed by atoms with Gasteiger partial charge in [0.2, 0.25) is 0 Å². The highest BCUT2D eigenvalue weighted by molar-refractivity contribution is 5.81. The molecule has 0 aliphatic rings. The highest BCUT2D eigenvalue weighted by Gasteiger charge is 1.92. The molecule has 0 heterocycles. The molecule has 1 rings (SSSR count). The molecule has 0 spiro atoms. The molecule has 0 fully saturated rings. The minimum atomic E-state index is -1.19. The Morgan fingerprint density at radius 1 is 1.64 bits per heavy atom. The van der Waals surface area contributed by atoms with Crippen LogP contribution in [0.15, 0.2) is 29.4 Å². The van der Waals surface area contributed by atoms with Crippen LogP contribution in [0.5, 0.6) is 5.75 Å². The first-order chi connectivity index (χ1) is 6.72. The second-order valence-electron chi connectivity index (χ2n) is 2.45. The summed E-state index contributed by atoms with van der Waals surface area (Å²) in [5, 5.41) is 11.7. The molecule has 0 saturated heterocycles. The van der Waals surface area contributed by atoms with Crippen LogP contribution in [0, 0.1) is 0 Å². The minimum absolute atomic E-state index is 0.698. The third kappa shape index (κ3) is 3.14. The van der Waals surface area contributed by atoms with Crippen LogP contribution in [-0.4, -0.2) is 24.5 Å². The van der Waals surface area contributed by atoms with Crippen molar-refractivity contribution in [2.45, 2.75) is 0 Å². The van der Waals surface area contributed by atoms with Crippen molar-refractivity contribution in [2.24, 2.45) is 5.10 Å². The van der Waals surface area contributed by atoms with Gasteiger partial charge in [-0.05, 0) is 17.7 Å². The molecule has 0 aromatic heterocycles. The van der Waals surface area contributed by atoms with E-state index >= 15 is 0 Å². The zero-order chi connectivity index (χ0) is 10.4. The Morgan fingerprint density at radius 3 is 3.07 bits per heavy atom. The third-order valence-electron chi connectivity index (χ3n) is 1.47. The monoisotopic (exact) mass is 194 g/mol. The Hall–Kier alpha value is -2.04. The molecule has 1 amide bonds. The van der Waals surface area contributed by atoms with Crippen molar-refractivity contribution >= 4 is 12.3 Å². The van der Waals surface area contributed by atoms with Gasteiger partial charge < -0.3 is 9.84 Å². The first-order valence-corrected chi connectivity index (χ1v) is 3.88. The maximum absolute atomic E-state index is 10.1. The van der Waals surface area contributed by atoms with Gasteiger partial charge in [0.25, 0.3) is 0 Å². The van der Waals surface area contributed by atoms with Crippen LogP contribution in [0.1, 0.15) is 5.56 Å². The fourth-order valence-electron chi connectivity index (χ4n) is 0.884. The Morgan fingerprint density at radius 2 is 2.43 bits per heavy atom. The molecular weight excluding hydrogens is 184 g/mol.